The molecule has 0 radical (unpaired) electrons. The molecule has 1 aliphatic carbocycles. The summed E-state index contributed by atoms with van der Waals surface area (Å²) in [4.78, 5) is 56.1. The lowest BCUT2D eigenvalue weighted by atomic mass is 9.89. The highest BCUT2D eigenvalue weighted by atomic mass is 16.2. The van der Waals surface area contributed by atoms with Gasteiger partial charge in [-0.15, -0.1) is 0 Å². The minimum absolute atomic E-state index is 0.128. The Morgan fingerprint density at radius 2 is 1.74 bits per heavy atom. The first-order valence-corrected chi connectivity index (χ1v) is 12.2. The van der Waals surface area contributed by atoms with Crippen molar-refractivity contribution in [2.45, 2.75) is 65.6 Å². The van der Waals surface area contributed by atoms with Gasteiger partial charge in [0.2, 0.25) is 5.91 Å². The van der Waals surface area contributed by atoms with Crippen LogP contribution >= 0.6 is 0 Å². The van der Waals surface area contributed by atoms with E-state index in [0.29, 0.717) is 6.54 Å². The van der Waals surface area contributed by atoms with Crippen molar-refractivity contribution in [2.24, 2.45) is 11.8 Å². The normalized spacial score (nSPS) is 14.4. The second-order valence-corrected chi connectivity index (χ2v) is 9.58. The van der Waals surface area contributed by atoms with Gasteiger partial charge in [0.15, 0.2) is 11.2 Å². The maximum absolute atomic E-state index is 13.4. The van der Waals surface area contributed by atoms with Gasteiger partial charge < -0.3 is 4.57 Å². The van der Waals surface area contributed by atoms with Crippen molar-refractivity contribution in [3.63, 3.8) is 0 Å². The van der Waals surface area contributed by atoms with Crippen LogP contribution in [0.15, 0.2) is 46.2 Å². The fraction of sp³-hybridized carbons (Fsp3) is 0.480. The molecular formula is C25H32N6O4. The SMILES string of the molecule is CC(C)Cn1cnc2c1c(=O)n(CC(=O)NNC(=O)C1CCCCC1)c(=O)n2Cc1ccccc1. The largest absolute Gasteiger partial charge is 0.333 e. The third kappa shape index (κ3) is 5.52. The summed E-state index contributed by atoms with van der Waals surface area (Å²) in [6.07, 6.45) is 6.24. The minimum Gasteiger partial charge on any atom is -0.324 e. The predicted octanol–water partition coefficient (Wildman–Crippen LogP) is 1.79. The molecule has 10 heteroatoms. The number of benzene rings is 1. The fourth-order valence-corrected chi connectivity index (χ4v) is 4.60. The van der Waals surface area contributed by atoms with Gasteiger partial charge in [0, 0.05) is 12.5 Å². The molecule has 10 nitrogen and oxygen atoms in total. The van der Waals surface area contributed by atoms with E-state index in [9.17, 15) is 19.2 Å². The Kier molecular flexibility index (Phi) is 7.48. The number of nitrogens with one attached hydrogen (secondary N) is 2. The van der Waals surface area contributed by atoms with Gasteiger partial charge in [0.25, 0.3) is 11.5 Å². The molecule has 35 heavy (non-hydrogen) atoms. The summed E-state index contributed by atoms with van der Waals surface area (Å²) in [5, 5.41) is 0. The Bertz CT molecular complexity index is 1320. The Hall–Kier alpha value is -3.69. The Morgan fingerprint density at radius 1 is 1.03 bits per heavy atom. The molecule has 0 atom stereocenters. The number of fused-ring (bicyclic) bond motifs is 1. The molecular weight excluding hydrogens is 448 g/mol. The van der Waals surface area contributed by atoms with Gasteiger partial charge in [-0.3, -0.25) is 29.8 Å². The van der Waals surface area contributed by atoms with Crippen LogP contribution in [0.5, 0.6) is 0 Å². The molecule has 1 fully saturated rings. The molecule has 1 aromatic carbocycles. The van der Waals surface area contributed by atoms with Crippen molar-refractivity contribution in [3.8, 4) is 0 Å². The molecule has 1 aliphatic rings. The van der Waals surface area contributed by atoms with Crippen LogP contribution in [0.4, 0.5) is 0 Å². The van der Waals surface area contributed by atoms with E-state index in [4.69, 9.17) is 0 Å². The molecule has 0 saturated heterocycles. The van der Waals surface area contributed by atoms with E-state index in [0.717, 1.165) is 42.2 Å². The van der Waals surface area contributed by atoms with E-state index in [1.807, 2.05) is 44.2 Å². The van der Waals surface area contributed by atoms with Crippen LogP contribution in [0.1, 0.15) is 51.5 Å². The molecule has 1 saturated carbocycles. The van der Waals surface area contributed by atoms with Crippen LogP contribution in [-0.4, -0.2) is 30.5 Å². The number of rotatable bonds is 7. The molecule has 4 rings (SSSR count). The zero-order chi connectivity index (χ0) is 24.9. The highest BCUT2D eigenvalue weighted by Crippen LogP contribution is 2.23. The summed E-state index contributed by atoms with van der Waals surface area (Å²) in [5.41, 5.74) is 5.04. The van der Waals surface area contributed by atoms with Crippen molar-refractivity contribution in [1.29, 1.82) is 0 Å². The number of carbonyl (C=O) groups excluding carboxylic acids is 2. The summed E-state index contributed by atoms with van der Waals surface area (Å²) in [6.45, 7) is 4.27. The van der Waals surface area contributed by atoms with Crippen LogP contribution < -0.4 is 22.1 Å². The second-order valence-electron chi connectivity index (χ2n) is 9.58. The minimum atomic E-state index is -0.645. The van der Waals surface area contributed by atoms with Crippen LogP contribution in [0.25, 0.3) is 11.2 Å². The first-order valence-electron chi connectivity index (χ1n) is 12.2. The van der Waals surface area contributed by atoms with E-state index in [1.165, 1.54) is 4.57 Å². The Balaban J connectivity index is 1.64. The fourth-order valence-electron chi connectivity index (χ4n) is 4.60. The summed E-state index contributed by atoms with van der Waals surface area (Å²) < 4.78 is 4.05. The van der Waals surface area contributed by atoms with Crippen molar-refractivity contribution >= 4 is 23.0 Å². The third-order valence-electron chi connectivity index (χ3n) is 6.33. The maximum Gasteiger partial charge on any atom is 0.333 e. The van der Waals surface area contributed by atoms with Gasteiger partial charge in [0.1, 0.15) is 6.54 Å². The van der Waals surface area contributed by atoms with Gasteiger partial charge in [-0.25, -0.2) is 14.3 Å². The first kappa shape index (κ1) is 24.4. The number of amides is 2. The van der Waals surface area contributed by atoms with E-state index >= 15 is 0 Å². The molecule has 0 aliphatic heterocycles. The highest BCUT2D eigenvalue weighted by molar-refractivity contribution is 5.83. The number of aromatic nitrogens is 4. The summed E-state index contributed by atoms with van der Waals surface area (Å²) in [6, 6.07) is 9.38. The second kappa shape index (κ2) is 10.7. The van der Waals surface area contributed by atoms with Crippen LogP contribution in [0.3, 0.4) is 0 Å². The van der Waals surface area contributed by atoms with Crippen LogP contribution in [0.2, 0.25) is 0 Å². The lowest BCUT2D eigenvalue weighted by molar-refractivity contribution is -0.132. The number of nitrogens with zero attached hydrogens (tertiary/aromatic N) is 4. The van der Waals surface area contributed by atoms with Gasteiger partial charge in [-0.2, -0.15) is 0 Å². The number of carbonyl (C=O) groups is 2. The number of hydrazine groups is 1. The average molecular weight is 481 g/mol. The van der Waals surface area contributed by atoms with Gasteiger partial charge in [-0.05, 0) is 24.3 Å². The van der Waals surface area contributed by atoms with Gasteiger partial charge >= 0.3 is 5.69 Å². The monoisotopic (exact) mass is 480 g/mol. The smallest absolute Gasteiger partial charge is 0.324 e. The standard InChI is InChI=1S/C25H32N6O4/c1-17(2)13-29-16-26-22-21(29)24(34)31(25(35)30(22)14-18-9-5-3-6-10-18)15-20(32)27-28-23(33)19-11-7-4-8-12-19/h3,5-6,9-10,16-17,19H,4,7-8,11-15H2,1-2H3,(H,27,32)(H,28,33). The number of imidazole rings is 1. The zero-order valence-electron chi connectivity index (χ0n) is 20.2. The first-order chi connectivity index (χ1) is 16.8. The molecule has 186 valence electrons. The quantitative estimate of drug-likeness (QED) is 0.500. The summed E-state index contributed by atoms with van der Waals surface area (Å²) in [7, 11) is 0. The molecule has 2 heterocycles. The molecule has 0 unspecified atom stereocenters. The van der Waals surface area contributed by atoms with Gasteiger partial charge in [-0.1, -0.05) is 63.4 Å². The Labute approximate surface area is 202 Å². The van der Waals surface area contributed by atoms with E-state index in [-0.39, 0.29) is 35.5 Å². The summed E-state index contributed by atoms with van der Waals surface area (Å²) in [5.74, 6) is -0.768. The molecule has 3 aromatic rings. The van der Waals surface area contributed by atoms with Crippen LogP contribution in [0, 0.1) is 11.8 Å². The molecule has 0 bridgehead atoms. The van der Waals surface area contributed by atoms with E-state index in [1.54, 1.807) is 10.9 Å². The number of hydrogen-bond acceptors (Lipinski definition) is 5. The summed E-state index contributed by atoms with van der Waals surface area (Å²) >= 11 is 0. The highest BCUT2D eigenvalue weighted by Gasteiger charge is 2.23. The van der Waals surface area contributed by atoms with Crippen molar-refractivity contribution < 1.29 is 9.59 Å². The maximum atomic E-state index is 13.4. The van der Waals surface area contributed by atoms with Crippen molar-refractivity contribution in [3.05, 3.63) is 63.1 Å². The van der Waals surface area contributed by atoms with E-state index < -0.39 is 23.7 Å². The molecule has 2 amide bonds. The van der Waals surface area contributed by atoms with Gasteiger partial charge in [0.05, 0.1) is 12.9 Å². The van der Waals surface area contributed by atoms with Crippen molar-refractivity contribution in [1.82, 2.24) is 29.5 Å². The molecule has 2 aromatic heterocycles. The predicted molar refractivity (Wildman–Crippen MR) is 131 cm³/mol. The lowest BCUT2D eigenvalue weighted by Gasteiger charge is -2.20. The topological polar surface area (TPSA) is 120 Å². The average Bonchev–Trinajstić information content (AvgIpc) is 3.27. The van der Waals surface area contributed by atoms with E-state index in [2.05, 4.69) is 15.8 Å². The molecule has 0 spiro atoms. The zero-order valence-corrected chi connectivity index (χ0v) is 20.2. The third-order valence-corrected chi connectivity index (χ3v) is 6.33. The lowest BCUT2D eigenvalue weighted by Crippen LogP contribution is -2.49. The van der Waals surface area contributed by atoms with Crippen molar-refractivity contribution in [2.75, 3.05) is 0 Å². The van der Waals surface area contributed by atoms with Crippen LogP contribution in [-0.2, 0) is 29.2 Å². The Morgan fingerprint density at radius 3 is 2.43 bits per heavy atom. The molecule has 2 N–H and O–H groups in total. The number of hydrogen-bond donors (Lipinski definition) is 2.